The van der Waals surface area contributed by atoms with Gasteiger partial charge in [-0.25, -0.2) is 4.98 Å². The van der Waals surface area contributed by atoms with Crippen LogP contribution in [0.25, 0.3) is 10.9 Å². The summed E-state index contributed by atoms with van der Waals surface area (Å²) in [6.45, 7) is 0.609. The molecule has 4 amide bonds. The SMILES string of the molecule is NCCCC[C@@H](NC(=O)[C@@H](N)Cc1cnc[nH]1)C(=O)N[C@@H](CCCN=C(N)N)C(=O)N[C@@H](Cc1c[nH]c2ccccc12)C(N)=O. The Labute approximate surface area is 260 Å². The number of hydrogen-bond acceptors (Lipinski definition) is 8. The van der Waals surface area contributed by atoms with Gasteiger partial charge in [-0.2, -0.15) is 0 Å². The number of para-hydroxylation sites is 1. The van der Waals surface area contributed by atoms with Gasteiger partial charge in [0.25, 0.3) is 0 Å². The average molecular weight is 625 g/mol. The lowest BCUT2D eigenvalue weighted by atomic mass is 10.0. The molecule has 0 saturated heterocycles. The maximum absolute atomic E-state index is 13.5. The summed E-state index contributed by atoms with van der Waals surface area (Å²) in [5, 5.41) is 9.02. The number of amides is 4. The molecule has 0 aliphatic rings. The molecule has 0 aliphatic carbocycles. The third-order valence-corrected chi connectivity index (χ3v) is 7.25. The first-order valence-corrected chi connectivity index (χ1v) is 14.8. The van der Waals surface area contributed by atoms with Crippen molar-refractivity contribution in [1.82, 2.24) is 30.9 Å². The van der Waals surface area contributed by atoms with Gasteiger partial charge in [0, 0.05) is 48.4 Å². The highest BCUT2D eigenvalue weighted by molar-refractivity contribution is 5.95. The Morgan fingerprint density at radius 1 is 0.844 bits per heavy atom. The Hall–Kier alpha value is -4.96. The fraction of sp³-hybridized carbons (Fsp3) is 0.448. The Morgan fingerprint density at radius 2 is 1.51 bits per heavy atom. The van der Waals surface area contributed by atoms with Gasteiger partial charge < -0.3 is 54.6 Å². The number of hydrogen-bond donors (Lipinski definition) is 10. The number of carbonyl (C=O) groups excluding carboxylic acids is 4. The van der Waals surface area contributed by atoms with Crippen molar-refractivity contribution in [3.05, 3.63) is 54.2 Å². The number of rotatable bonds is 19. The summed E-state index contributed by atoms with van der Waals surface area (Å²) in [6, 6.07) is 3.44. The van der Waals surface area contributed by atoms with E-state index in [2.05, 4.69) is 35.9 Å². The van der Waals surface area contributed by atoms with E-state index < -0.39 is 47.8 Å². The largest absolute Gasteiger partial charge is 0.370 e. The number of nitrogens with zero attached hydrogens (tertiary/aromatic N) is 2. The molecule has 244 valence electrons. The Bertz CT molecular complexity index is 1430. The number of nitrogens with one attached hydrogen (secondary N) is 5. The quantitative estimate of drug-likeness (QED) is 0.0405. The molecule has 16 nitrogen and oxygen atoms in total. The molecular formula is C29H44N12O4. The Morgan fingerprint density at radius 3 is 2.16 bits per heavy atom. The molecule has 0 spiro atoms. The summed E-state index contributed by atoms with van der Waals surface area (Å²) >= 11 is 0. The summed E-state index contributed by atoms with van der Waals surface area (Å²) in [5.74, 6) is -2.61. The number of aromatic amines is 2. The fourth-order valence-electron chi connectivity index (χ4n) is 4.83. The van der Waals surface area contributed by atoms with Crippen LogP contribution in [0, 0.1) is 0 Å². The maximum Gasteiger partial charge on any atom is 0.243 e. The van der Waals surface area contributed by atoms with Crippen LogP contribution in [0.4, 0.5) is 0 Å². The first-order chi connectivity index (χ1) is 21.6. The molecule has 0 aliphatic heterocycles. The van der Waals surface area contributed by atoms with Crippen molar-refractivity contribution >= 4 is 40.5 Å². The van der Waals surface area contributed by atoms with Crippen LogP contribution in [0.3, 0.4) is 0 Å². The third kappa shape index (κ3) is 10.9. The van der Waals surface area contributed by atoms with Crippen molar-refractivity contribution in [2.24, 2.45) is 33.7 Å². The van der Waals surface area contributed by atoms with E-state index in [0.29, 0.717) is 31.5 Å². The minimum atomic E-state index is -1.09. The second-order valence-corrected chi connectivity index (χ2v) is 10.8. The molecule has 1 aromatic carbocycles. The molecule has 4 atom stereocenters. The number of nitrogens with two attached hydrogens (primary N) is 5. The monoisotopic (exact) mass is 624 g/mol. The van der Waals surface area contributed by atoms with Crippen molar-refractivity contribution in [1.29, 1.82) is 0 Å². The van der Waals surface area contributed by atoms with Gasteiger partial charge >= 0.3 is 0 Å². The summed E-state index contributed by atoms with van der Waals surface area (Å²) in [7, 11) is 0. The van der Waals surface area contributed by atoms with Crippen molar-refractivity contribution < 1.29 is 19.2 Å². The number of aliphatic imine (C=N–C) groups is 1. The lowest BCUT2D eigenvalue weighted by Crippen LogP contribution is -2.58. The van der Waals surface area contributed by atoms with Crippen LogP contribution < -0.4 is 44.6 Å². The number of carbonyl (C=O) groups is 4. The highest BCUT2D eigenvalue weighted by atomic mass is 16.2. The molecular weight excluding hydrogens is 580 g/mol. The van der Waals surface area contributed by atoms with Crippen molar-refractivity contribution in [3.8, 4) is 0 Å². The van der Waals surface area contributed by atoms with E-state index in [0.717, 1.165) is 16.5 Å². The molecule has 0 fully saturated rings. The van der Waals surface area contributed by atoms with Gasteiger partial charge in [-0.3, -0.25) is 24.2 Å². The smallest absolute Gasteiger partial charge is 0.243 e. The molecule has 2 heterocycles. The van der Waals surface area contributed by atoms with E-state index in [1.54, 1.807) is 12.4 Å². The zero-order valence-electron chi connectivity index (χ0n) is 25.1. The summed E-state index contributed by atoms with van der Waals surface area (Å²) in [4.78, 5) is 66.3. The van der Waals surface area contributed by atoms with Crippen molar-refractivity contribution in [2.45, 2.75) is 69.1 Å². The molecule has 45 heavy (non-hydrogen) atoms. The zero-order chi connectivity index (χ0) is 32.8. The van der Waals surface area contributed by atoms with Gasteiger partial charge in [0.1, 0.15) is 18.1 Å². The highest BCUT2D eigenvalue weighted by Crippen LogP contribution is 2.19. The second-order valence-electron chi connectivity index (χ2n) is 10.8. The van der Waals surface area contributed by atoms with Crippen molar-refractivity contribution in [3.63, 3.8) is 0 Å². The minimum absolute atomic E-state index is 0.110. The normalized spacial score (nSPS) is 13.7. The number of unbranched alkanes of at least 4 members (excludes halogenated alkanes) is 1. The Balaban J connectivity index is 1.74. The minimum Gasteiger partial charge on any atom is -0.370 e. The third-order valence-electron chi connectivity index (χ3n) is 7.25. The highest BCUT2D eigenvalue weighted by Gasteiger charge is 2.30. The van der Waals surface area contributed by atoms with Gasteiger partial charge in [-0.05, 0) is 50.3 Å². The van der Waals surface area contributed by atoms with Crippen LogP contribution in [0.15, 0.2) is 48.0 Å². The Kier molecular flexibility index (Phi) is 13.3. The van der Waals surface area contributed by atoms with E-state index in [1.165, 1.54) is 6.33 Å². The molecule has 3 aromatic rings. The number of benzene rings is 1. The molecule has 3 rings (SSSR count). The predicted octanol–water partition coefficient (Wildman–Crippen LogP) is -1.87. The van der Waals surface area contributed by atoms with Crippen LogP contribution in [0.1, 0.15) is 43.4 Å². The molecule has 0 bridgehead atoms. The van der Waals surface area contributed by atoms with Crippen LogP contribution in [-0.2, 0) is 32.0 Å². The van der Waals surface area contributed by atoms with E-state index in [9.17, 15) is 19.2 Å². The standard InChI is InChI=1S/C29H44N12O4/c30-10-4-3-8-22(39-26(43)20(31)13-18-15-35-16-38-18)27(44)40-23(9-5-11-36-29(33)34)28(45)41-24(25(32)42)12-17-14-37-21-7-2-1-6-19(17)21/h1-2,6-7,14-16,20,22-24,37H,3-5,8-13,30-31H2,(H2,32,42)(H,35,38)(H,39,43)(H,40,44)(H,41,45)(H4,33,34,36)/t20-,22+,23-,24-/m0/s1. The number of imidazole rings is 1. The second kappa shape index (κ2) is 17.4. The molecule has 0 saturated carbocycles. The molecule has 0 radical (unpaired) electrons. The summed E-state index contributed by atoms with van der Waals surface area (Å²) in [5.41, 5.74) is 30.6. The van der Waals surface area contributed by atoms with E-state index in [4.69, 9.17) is 28.7 Å². The molecule has 15 N–H and O–H groups in total. The van der Waals surface area contributed by atoms with Crippen LogP contribution in [0.5, 0.6) is 0 Å². The van der Waals surface area contributed by atoms with Crippen LogP contribution >= 0.6 is 0 Å². The van der Waals surface area contributed by atoms with E-state index >= 15 is 0 Å². The number of H-pyrrole nitrogens is 2. The van der Waals surface area contributed by atoms with Gasteiger partial charge in [0.15, 0.2) is 5.96 Å². The van der Waals surface area contributed by atoms with E-state index in [-0.39, 0.29) is 38.2 Å². The maximum atomic E-state index is 13.5. The molecule has 16 heteroatoms. The van der Waals surface area contributed by atoms with Crippen LogP contribution in [0.2, 0.25) is 0 Å². The fourth-order valence-corrected chi connectivity index (χ4v) is 4.83. The van der Waals surface area contributed by atoms with Gasteiger partial charge in [0.2, 0.25) is 23.6 Å². The zero-order valence-corrected chi connectivity index (χ0v) is 25.1. The van der Waals surface area contributed by atoms with E-state index in [1.807, 2.05) is 24.3 Å². The average Bonchev–Trinajstić information content (AvgIpc) is 3.67. The number of aromatic nitrogens is 3. The van der Waals surface area contributed by atoms with Gasteiger partial charge in [-0.1, -0.05) is 18.2 Å². The van der Waals surface area contributed by atoms with Crippen molar-refractivity contribution in [2.75, 3.05) is 13.1 Å². The predicted molar refractivity (Wildman–Crippen MR) is 170 cm³/mol. The van der Waals surface area contributed by atoms with Gasteiger partial charge in [-0.15, -0.1) is 0 Å². The first-order valence-electron chi connectivity index (χ1n) is 14.8. The summed E-state index contributed by atoms with van der Waals surface area (Å²) < 4.78 is 0. The number of fused-ring (bicyclic) bond motifs is 1. The number of primary amides is 1. The lowest BCUT2D eigenvalue weighted by molar-refractivity contribution is -0.133. The first kappa shape index (κ1) is 34.5. The number of guanidine groups is 1. The lowest BCUT2D eigenvalue weighted by Gasteiger charge is -2.25. The summed E-state index contributed by atoms with van der Waals surface area (Å²) in [6.07, 6.45) is 7.00. The van der Waals surface area contributed by atoms with Crippen LogP contribution in [-0.4, -0.2) is 81.8 Å². The van der Waals surface area contributed by atoms with Gasteiger partial charge in [0.05, 0.1) is 12.4 Å². The molecule has 2 aromatic heterocycles. The topological polar surface area (TPSA) is 291 Å². The molecule has 0 unspecified atom stereocenters.